The molecule has 0 atom stereocenters. The molecule has 1 fully saturated rings. The van der Waals surface area contributed by atoms with Crippen LogP contribution >= 0.6 is 0 Å². The molecule has 88 valence electrons. The van der Waals surface area contributed by atoms with Crippen molar-refractivity contribution >= 4 is 5.69 Å². The Morgan fingerprint density at radius 1 is 1.19 bits per heavy atom. The molecule has 2 heteroatoms. The Bertz CT molecular complexity index is 367. The monoisotopic (exact) mass is 219 g/mol. The molecule has 1 aliphatic rings. The molecule has 1 aromatic carbocycles. The molecule has 0 bridgehead atoms. The van der Waals surface area contributed by atoms with E-state index in [0.29, 0.717) is 6.54 Å². The Labute approximate surface area is 97.7 Å². The van der Waals surface area contributed by atoms with Gasteiger partial charge in [0.2, 0.25) is 0 Å². The van der Waals surface area contributed by atoms with Gasteiger partial charge < -0.3 is 10.4 Å². The number of nitrogens with one attached hydrogen (secondary N) is 1. The summed E-state index contributed by atoms with van der Waals surface area (Å²) < 4.78 is 0. The van der Waals surface area contributed by atoms with Crippen molar-refractivity contribution in [2.75, 3.05) is 11.9 Å². The Balaban J connectivity index is 1.96. The maximum absolute atomic E-state index is 10.2. The average molecular weight is 219 g/mol. The molecule has 2 rings (SSSR count). The normalized spacial score (nSPS) is 18.7. The van der Waals surface area contributed by atoms with Crippen LogP contribution in [0.2, 0.25) is 0 Å². The number of rotatable bonds is 3. The van der Waals surface area contributed by atoms with E-state index in [1.807, 2.05) is 0 Å². The summed E-state index contributed by atoms with van der Waals surface area (Å²) in [6, 6.07) is 6.35. The minimum atomic E-state index is -0.473. The van der Waals surface area contributed by atoms with E-state index in [1.54, 1.807) is 0 Å². The first-order chi connectivity index (χ1) is 7.59. The lowest BCUT2D eigenvalue weighted by molar-refractivity contribution is 0.0615. The third-order valence-electron chi connectivity index (χ3n) is 3.66. The SMILES string of the molecule is Cc1ccc(NCC2(O)CCCC2)cc1C. The van der Waals surface area contributed by atoms with Crippen LogP contribution in [0, 0.1) is 13.8 Å². The number of aliphatic hydroxyl groups is 1. The van der Waals surface area contributed by atoms with Crippen molar-refractivity contribution in [2.24, 2.45) is 0 Å². The van der Waals surface area contributed by atoms with E-state index in [0.717, 1.165) is 31.4 Å². The molecule has 0 spiro atoms. The van der Waals surface area contributed by atoms with Gasteiger partial charge in [-0.2, -0.15) is 0 Å². The van der Waals surface area contributed by atoms with Gasteiger partial charge in [-0.1, -0.05) is 18.9 Å². The first-order valence-corrected chi connectivity index (χ1v) is 6.13. The van der Waals surface area contributed by atoms with Crippen LogP contribution in [0.25, 0.3) is 0 Å². The number of hydrogen-bond acceptors (Lipinski definition) is 2. The molecule has 0 aliphatic heterocycles. The number of hydrogen-bond donors (Lipinski definition) is 2. The summed E-state index contributed by atoms with van der Waals surface area (Å²) in [5.74, 6) is 0. The standard InChI is InChI=1S/C14H21NO/c1-11-5-6-13(9-12(11)2)15-10-14(16)7-3-4-8-14/h5-6,9,15-16H,3-4,7-8,10H2,1-2H3. The zero-order valence-corrected chi connectivity index (χ0v) is 10.2. The summed E-state index contributed by atoms with van der Waals surface area (Å²) in [6.07, 6.45) is 4.19. The van der Waals surface area contributed by atoms with Gasteiger partial charge in [-0.3, -0.25) is 0 Å². The van der Waals surface area contributed by atoms with Gasteiger partial charge in [-0.05, 0) is 49.9 Å². The molecule has 0 saturated heterocycles. The third-order valence-corrected chi connectivity index (χ3v) is 3.66. The Morgan fingerprint density at radius 3 is 2.50 bits per heavy atom. The predicted molar refractivity (Wildman–Crippen MR) is 67.8 cm³/mol. The first-order valence-electron chi connectivity index (χ1n) is 6.13. The van der Waals surface area contributed by atoms with Crippen molar-refractivity contribution < 1.29 is 5.11 Å². The molecule has 16 heavy (non-hydrogen) atoms. The maximum atomic E-state index is 10.2. The molecule has 2 N–H and O–H groups in total. The lowest BCUT2D eigenvalue weighted by atomic mass is 10.0. The molecule has 0 amide bonds. The highest BCUT2D eigenvalue weighted by Crippen LogP contribution is 2.29. The molecular weight excluding hydrogens is 198 g/mol. The molecule has 1 aliphatic carbocycles. The van der Waals surface area contributed by atoms with E-state index in [-0.39, 0.29) is 0 Å². The molecule has 0 unspecified atom stereocenters. The van der Waals surface area contributed by atoms with Crippen molar-refractivity contribution in [1.82, 2.24) is 0 Å². The Kier molecular flexibility index (Phi) is 3.20. The van der Waals surface area contributed by atoms with Gasteiger partial charge in [0.1, 0.15) is 0 Å². The van der Waals surface area contributed by atoms with Crippen LogP contribution in [0.4, 0.5) is 5.69 Å². The summed E-state index contributed by atoms with van der Waals surface area (Å²) in [7, 11) is 0. The fraction of sp³-hybridized carbons (Fsp3) is 0.571. The van der Waals surface area contributed by atoms with Crippen LogP contribution in [0.3, 0.4) is 0 Å². The van der Waals surface area contributed by atoms with E-state index in [2.05, 4.69) is 37.4 Å². The topological polar surface area (TPSA) is 32.3 Å². The van der Waals surface area contributed by atoms with Crippen LogP contribution in [-0.2, 0) is 0 Å². The fourth-order valence-electron chi connectivity index (χ4n) is 2.33. The molecule has 0 aromatic heterocycles. The van der Waals surface area contributed by atoms with Gasteiger partial charge in [0.15, 0.2) is 0 Å². The van der Waals surface area contributed by atoms with Gasteiger partial charge in [0, 0.05) is 12.2 Å². The molecule has 0 radical (unpaired) electrons. The van der Waals surface area contributed by atoms with Crippen molar-refractivity contribution in [1.29, 1.82) is 0 Å². The summed E-state index contributed by atoms with van der Waals surface area (Å²) >= 11 is 0. The first kappa shape index (κ1) is 11.5. The highest BCUT2D eigenvalue weighted by molar-refractivity contribution is 5.48. The summed E-state index contributed by atoms with van der Waals surface area (Å²) in [4.78, 5) is 0. The van der Waals surface area contributed by atoms with Gasteiger partial charge in [0.05, 0.1) is 5.60 Å². The molecule has 0 heterocycles. The summed E-state index contributed by atoms with van der Waals surface area (Å²) in [5, 5.41) is 13.6. The van der Waals surface area contributed by atoms with Crippen molar-refractivity contribution in [2.45, 2.75) is 45.1 Å². The largest absolute Gasteiger partial charge is 0.388 e. The third kappa shape index (κ3) is 2.56. The highest BCUT2D eigenvalue weighted by atomic mass is 16.3. The Morgan fingerprint density at radius 2 is 1.88 bits per heavy atom. The van der Waals surface area contributed by atoms with E-state index < -0.39 is 5.60 Å². The minimum Gasteiger partial charge on any atom is -0.388 e. The molecular formula is C14H21NO. The second kappa shape index (κ2) is 4.46. The van der Waals surface area contributed by atoms with Crippen LogP contribution in [-0.4, -0.2) is 17.3 Å². The number of anilines is 1. The van der Waals surface area contributed by atoms with E-state index >= 15 is 0 Å². The number of benzene rings is 1. The van der Waals surface area contributed by atoms with Gasteiger partial charge in [-0.15, -0.1) is 0 Å². The van der Waals surface area contributed by atoms with E-state index in [1.165, 1.54) is 11.1 Å². The van der Waals surface area contributed by atoms with Crippen LogP contribution in [0.1, 0.15) is 36.8 Å². The predicted octanol–water partition coefficient (Wildman–Crippen LogP) is 3.02. The minimum absolute atomic E-state index is 0.473. The van der Waals surface area contributed by atoms with Crippen molar-refractivity contribution in [3.05, 3.63) is 29.3 Å². The average Bonchev–Trinajstić information content (AvgIpc) is 2.68. The van der Waals surface area contributed by atoms with Gasteiger partial charge in [0.25, 0.3) is 0 Å². The second-order valence-electron chi connectivity index (χ2n) is 5.08. The van der Waals surface area contributed by atoms with Crippen molar-refractivity contribution in [3.8, 4) is 0 Å². The summed E-state index contributed by atoms with van der Waals surface area (Å²) in [5.41, 5.74) is 3.25. The van der Waals surface area contributed by atoms with Crippen LogP contribution < -0.4 is 5.32 Å². The lowest BCUT2D eigenvalue weighted by Gasteiger charge is -2.23. The quantitative estimate of drug-likeness (QED) is 0.819. The van der Waals surface area contributed by atoms with E-state index in [9.17, 15) is 5.11 Å². The van der Waals surface area contributed by atoms with Gasteiger partial charge in [-0.25, -0.2) is 0 Å². The lowest BCUT2D eigenvalue weighted by Crippen LogP contribution is -2.33. The smallest absolute Gasteiger partial charge is 0.0819 e. The maximum Gasteiger partial charge on any atom is 0.0819 e. The van der Waals surface area contributed by atoms with Crippen LogP contribution in [0.5, 0.6) is 0 Å². The zero-order chi connectivity index (χ0) is 11.6. The number of aryl methyl sites for hydroxylation is 2. The van der Waals surface area contributed by atoms with E-state index in [4.69, 9.17) is 0 Å². The highest BCUT2D eigenvalue weighted by Gasteiger charge is 2.30. The second-order valence-corrected chi connectivity index (χ2v) is 5.08. The fourth-order valence-corrected chi connectivity index (χ4v) is 2.33. The molecule has 1 saturated carbocycles. The van der Waals surface area contributed by atoms with Crippen LogP contribution in [0.15, 0.2) is 18.2 Å². The summed E-state index contributed by atoms with van der Waals surface area (Å²) in [6.45, 7) is 4.91. The molecule has 1 aromatic rings. The Hall–Kier alpha value is -1.02. The zero-order valence-electron chi connectivity index (χ0n) is 10.2. The van der Waals surface area contributed by atoms with Gasteiger partial charge >= 0.3 is 0 Å². The molecule has 2 nitrogen and oxygen atoms in total. The van der Waals surface area contributed by atoms with Crippen molar-refractivity contribution in [3.63, 3.8) is 0 Å².